The number of hydrogen-bond donors (Lipinski definition) is 1. The lowest BCUT2D eigenvalue weighted by Crippen LogP contribution is -2.32. The Kier molecular flexibility index (Phi) is 7.00. The van der Waals surface area contributed by atoms with Crippen LogP contribution in [0.2, 0.25) is 0 Å². The molecule has 2 amide bonds. The summed E-state index contributed by atoms with van der Waals surface area (Å²) in [5, 5.41) is 2.78. The highest BCUT2D eigenvalue weighted by Gasteiger charge is 2.18. The van der Waals surface area contributed by atoms with Gasteiger partial charge in [0.2, 0.25) is 0 Å². The Bertz CT molecular complexity index is 526. The third kappa shape index (κ3) is 5.32. The minimum atomic E-state index is -0.258. The van der Waals surface area contributed by atoms with E-state index in [0.717, 1.165) is 32.4 Å². The first kappa shape index (κ1) is 17.4. The summed E-state index contributed by atoms with van der Waals surface area (Å²) >= 11 is 0. The minimum Gasteiger partial charge on any atom is -0.385 e. The molecule has 0 spiro atoms. The first-order valence-corrected chi connectivity index (χ1v) is 8.25. The SMILES string of the molecule is COCCCNC(=O)c1cc(C(=O)N2CCCCCC2)ccn1. The normalized spacial score (nSPS) is 15.1. The highest BCUT2D eigenvalue weighted by atomic mass is 16.5. The number of amides is 2. The second-order valence-corrected chi connectivity index (χ2v) is 5.74. The maximum atomic E-state index is 12.6. The van der Waals surface area contributed by atoms with Crippen LogP contribution in [0.5, 0.6) is 0 Å². The smallest absolute Gasteiger partial charge is 0.269 e. The summed E-state index contributed by atoms with van der Waals surface area (Å²) < 4.78 is 4.94. The van der Waals surface area contributed by atoms with Gasteiger partial charge in [-0.25, -0.2) is 0 Å². The van der Waals surface area contributed by atoms with Crippen molar-refractivity contribution in [2.75, 3.05) is 33.4 Å². The zero-order valence-corrected chi connectivity index (χ0v) is 13.7. The number of aromatic nitrogens is 1. The summed E-state index contributed by atoms with van der Waals surface area (Å²) in [5.74, 6) is -0.269. The standard InChI is InChI=1S/C17H25N3O3/c1-23-12-6-8-19-16(21)15-13-14(7-9-18-15)17(22)20-10-4-2-3-5-11-20/h7,9,13H,2-6,8,10-12H2,1H3,(H,19,21). The van der Waals surface area contributed by atoms with E-state index in [2.05, 4.69) is 10.3 Å². The van der Waals surface area contributed by atoms with Crippen LogP contribution in [-0.4, -0.2) is 55.0 Å². The second kappa shape index (κ2) is 9.25. The molecule has 0 unspecified atom stereocenters. The number of hydrogen-bond acceptors (Lipinski definition) is 4. The molecular formula is C17H25N3O3. The van der Waals surface area contributed by atoms with E-state index in [4.69, 9.17) is 4.74 Å². The first-order valence-electron chi connectivity index (χ1n) is 8.25. The molecule has 0 aliphatic carbocycles. The molecule has 1 N–H and O–H groups in total. The Balaban J connectivity index is 1.97. The molecule has 1 saturated heterocycles. The number of rotatable bonds is 6. The van der Waals surface area contributed by atoms with Gasteiger partial charge in [-0.05, 0) is 31.4 Å². The summed E-state index contributed by atoms with van der Waals surface area (Å²) in [4.78, 5) is 30.6. The van der Waals surface area contributed by atoms with E-state index in [-0.39, 0.29) is 17.5 Å². The van der Waals surface area contributed by atoms with Gasteiger partial charge >= 0.3 is 0 Å². The predicted octanol–water partition coefficient (Wildman–Crippen LogP) is 1.86. The Morgan fingerprint density at radius 2 is 2.00 bits per heavy atom. The van der Waals surface area contributed by atoms with Crippen LogP contribution in [0.25, 0.3) is 0 Å². The van der Waals surface area contributed by atoms with Gasteiger partial charge in [0.25, 0.3) is 11.8 Å². The summed E-state index contributed by atoms with van der Waals surface area (Å²) in [6, 6.07) is 3.26. The van der Waals surface area contributed by atoms with Crippen molar-refractivity contribution in [1.29, 1.82) is 0 Å². The summed E-state index contributed by atoms with van der Waals surface area (Å²) in [7, 11) is 1.63. The summed E-state index contributed by atoms with van der Waals surface area (Å²) in [5.41, 5.74) is 0.812. The molecule has 0 atom stereocenters. The van der Waals surface area contributed by atoms with Crippen LogP contribution in [0.4, 0.5) is 0 Å². The van der Waals surface area contributed by atoms with E-state index >= 15 is 0 Å². The van der Waals surface area contributed by atoms with Gasteiger partial charge in [-0.2, -0.15) is 0 Å². The minimum absolute atomic E-state index is 0.0114. The Morgan fingerprint density at radius 1 is 1.26 bits per heavy atom. The fraction of sp³-hybridized carbons (Fsp3) is 0.588. The van der Waals surface area contributed by atoms with Crippen molar-refractivity contribution in [3.63, 3.8) is 0 Å². The van der Waals surface area contributed by atoms with Crippen molar-refractivity contribution in [3.05, 3.63) is 29.6 Å². The number of likely N-dealkylation sites (tertiary alicyclic amines) is 1. The van der Waals surface area contributed by atoms with Crippen molar-refractivity contribution in [3.8, 4) is 0 Å². The Labute approximate surface area is 137 Å². The van der Waals surface area contributed by atoms with Gasteiger partial charge in [0, 0.05) is 45.1 Å². The van der Waals surface area contributed by atoms with E-state index in [9.17, 15) is 9.59 Å². The third-order valence-corrected chi connectivity index (χ3v) is 3.94. The van der Waals surface area contributed by atoms with Crippen LogP contribution in [0.1, 0.15) is 53.0 Å². The predicted molar refractivity (Wildman–Crippen MR) is 87.4 cm³/mol. The number of carbonyl (C=O) groups excluding carboxylic acids is 2. The van der Waals surface area contributed by atoms with Crippen molar-refractivity contribution in [2.24, 2.45) is 0 Å². The van der Waals surface area contributed by atoms with Gasteiger partial charge < -0.3 is 15.0 Å². The Morgan fingerprint density at radius 3 is 2.70 bits per heavy atom. The fourth-order valence-electron chi connectivity index (χ4n) is 2.65. The second-order valence-electron chi connectivity index (χ2n) is 5.74. The van der Waals surface area contributed by atoms with E-state index in [1.807, 2.05) is 4.90 Å². The average Bonchev–Trinajstić information content (AvgIpc) is 2.87. The molecule has 0 saturated carbocycles. The average molecular weight is 319 g/mol. The fourth-order valence-corrected chi connectivity index (χ4v) is 2.65. The van der Waals surface area contributed by atoms with Gasteiger partial charge in [0.05, 0.1) is 0 Å². The van der Waals surface area contributed by atoms with Crippen molar-refractivity contribution in [1.82, 2.24) is 15.2 Å². The molecule has 1 aliphatic heterocycles. The number of pyridine rings is 1. The zero-order chi connectivity index (χ0) is 16.5. The van der Waals surface area contributed by atoms with Gasteiger partial charge in [0.1, 0.15) is 5.69 Å². The number of carbonyl (C=O) groups is 2. The van der Waals surface area contributed by atoms with Crippen LogP contribution >= 0.6 is 0 Å². The van der Waals surface area contributed by atoms with Crippen LogP contribution in [0.3, 0.4) is 0 Å². The molecule has 1 aliphatic rings. The topological polar surface area (TPSA) is 71.5 Å². The zero-order valence-electron chi connectivity index (χ0n) is 13.7. The van der Waals surface area contributed by atoms with E-state index in [1.54, 1.807) is 19.2 Å². The van der Waals surface area contributed by atoms with Gasteiger partial charge in [-0.1, -0.05) is 12.8 Å². The largest absolute Gasteiger partial charge is 0.385 e. The molecule has 0 bridgehead atoms. The molecule has 0 aromatic carbocycles. The highest BCUT2D eigenvalue weighted by Crippen LogP contribution is 2.13. The van der Waals surface area contributed by atoms with Crippen molar-refractivity contribution in [2.45, 2.75) is 32.1 Å². The van der Waals surface area contributed by atoms with Crippen LogP contribution in [0.15, 0.2) is 18.3 Å². The molecule has 0 radical (unpaired) electrons. The maximum absolute atomic E-state index is 12.6. The molecule has 23 heavy (non-hydrogen) atoms. The Hall–Kier alpha value is -1.95. The number of ether oxygens (including phenoxy) is 1. The monoisotopic (exact) mass is 319 g/mol. The molecular weight excluding hydrogens is 294 g/mol. The third-order valence-electron chi connectivity index (χ3n) is 3.94. The molecule has 126 valence electrons. The molecule has 1 fully saturated rings. The lowest BCUT2D eigenvalue weighted by molar-refractivity contribution is 0.0761. The lowest BCUT2D eigenvalue weighted by Gasteiger charge is -2.20. The summed E-state index contributed by atoms with van der Waals surface area (Å²) in [6.45, 7) is 2.71. The maximum Gasteiger partial charge on any atom is 0.269 e. The lowest BCUT2D eigenvalue weighted by atomic mass is 10.2. The molecule has 1 aromatic heterocycles. The van der Waals surface area contributed by atoms with Crippen molar-refractivity contribution < 1.29 is 14.3 Å². The molecule has 6 nitrogen and oxygen atoms in total. The number of methoxy groups -OCH3 is 1. The van der Waals surface area contributed by atoms with E-state index < -0.39 is 0 Å². The van der Waals surface area contributed by atoms with Gasteiger partial charge in [-0.15, -0.1) is 0 Å². The number of nitrogens with zero attached hydrogens (tertiary/aromatic N) is 2. The van der Waals surface area contributed by atoms with Gasteiger partial charge in [-0.3, -0.25) is 14.6 Å². The van der Waals surface area contributed by atoms with E-state index in [0.29, 0.717) is 18.7 Å². The summed E-state index contributed by atoms with van der Waals surface area (Å²) in [6.07, 6.45) is 6.71. The highest BCUT2D eigenvalue weighted by molar-refractivity contribution is 5.98. The molecule has 6 heteroatoms. The number of nitrogens with one attached hydrogen (secondary N) is 1. The van der Waals surface area contributed by atoms with Crippen LogP contribution in [-0.2, 0) is 4.74 Å². The first-order chi connectivity index (χ1) is 11.2. The van der Waals surface area contributed by atoms with Crippen LogP contribution in [0, 0.1) is 0 Å². The molecule has 2 rings (SSSR count). The molecule has 2 heterocycles. The van der Waals surface area contributed by atoms with Crippen LogP contribution < -0.4 is 5.32 Å². The van der Waals surface area contributed by atoms with E-state index in [1.165, 1.54) is 19.0 Å². The van der Waals surface area contributed by atoms with Gasteiger partial charge in [0.15, 0.2) is 0 Å². The molecule has 1 aromatic rings. The quantitative estimate of drug-likeness (QED) is 0.813. The van der Waals surface area contributed by atoms with Crippen molar-refractivity contribution >= 4 is 11.8 Å².